The molecule has 1 nitrogen and oxygen atoms in total. The van der Waals surface area contributed by atoms with E-state index in [0.717, 1.165) is 5.56 Å². The molecule has 1 rings (SSSR count). The second kappa shape index (κ2) is 5.15. The highest BCUT2D eigenvalue weighted by Crippen LogP contribution is 2.29. The van der Waals surface area contributed by atoms with Crippen molar-refractivity contribution >= 4 is 47.2 Å². The van der Waals surface area contributed by atoms with Crippen molar-refractivity contribution in [2.75, 3.05) is 0 Å². The van der Waals surface area contributed by atoms with Crippen molar-refractivity contribution in [1.29, 1.82) is 0 Å². The number of hydrogen-bond acceptors (Lipinski definition) is 1. The molecular formula is C7H7Cl4N. The van der Waals surface area contributed by atoms with E-state index in [-0.39, 0.29) is 12.4 Å². The zero-order chi connectivity index (χ0) is 8.43. The number of rotatable bonds is 1. The Kier molecular flexibility index (Phi) is 5.30. The Morgan fingerprint density at radius 2 is 1.75 bits per heavy atom. The van der Waals surface area contributed by atoms with Crippen molar-refractivity contribution in [2.45, 2.75) is 6.54 Å². The summed E-state index contributed by atoms with van der Waals surface area (Å²) in [5.74, 6) is 0. The maximum Gasteiger partial charge on any atom is 0.0638 e. The van der Waals surface area contributed by atoms with Crippen LogP contribution in [0.2, 0.25) is 15.1 Å². The van der Waals surface area contributed by atoms with Crippen molar-refractivity contribution in [3.05, 3.63) is 32.8 Å². The highest BCUT2D eigenvalue weighted by atomic mass is 35.5. The zero-order valence-corrected chi connectivity index (χ0v) is 9.07. The van der Waals surface area contributed by atoms with E-state index in [1.54, 1.807) is 12.1 Å². The lowest BCUT2D eigenvalue weighted by Gasteiger charge is -2.02. The fourth-order valence-electron chi connectivity index (χ4n) is 0.758. The molecule has 5 heteroatoms. The Morgan fingerprint density at radius 1 is 1.17 bits per heavy atom. The van der Waals surface area contributed by atoms with Crippen LogP contribution in [-0.4, -0.2) is 0 Å². The van der Waals surface area contributed by atoms with Crippen LogP contribution in [0.3, 0.4) is 0 Å². The van der Waals surface area contributed by atoms with Crippen molar-refractivity contribution in [3.8, 4) is 0 Å². The second-order valence-electron chi connectivity index (χ2n) is 2.06. The Labute approximate surface area is 92.2 Å². The summed E-state index contributed by atoms with van der Waals surface area (Å²) in [5, 5.41) is 1.48. The second-order valence-corrected chi connectivity index (χ2v) is 3.29. The lowest BCUT2D eigenvalue weighted by Crippen LogP contribution is -1.97. The van der Waals surface area contributed by atoms with Crippen LogP contribution in [0.1, 0.15) is 5.56 Å². The van der Waals surface area contributed by atoms with Crippen molar-refractivity contribution in [2.24, 2.45) is 5.73 Å². The SMILES string of the molecule is Cl.NCc1cc(Cl)cc(Cl)c1Cl. The molecule has 0 spiro atoms. The van der Waals surface area contributed by atoms with Gasteiger partial charge in [0.15, 0.2) is 0 Å². The zero-order valence-electron chi connectivity index (χ0n) is 5.98. The first kappa shape index (κ1) is 12.3. The van der Waals surface area contributed by atoms with Crippen LogP contribution in [0.5, 0.6) is 0 Å². The standard InChI is InChI=1S/C7H6Cl3N.ClH/c8-5-1-4(3-11)7(10)6(9)2-5;/h1-2H,3,11H2;1H. The van der Waals surface area contributed by atoms with Crippen LogP contribution in [0, 0.1) is 0 Å². The van der Waals surface area contributed by atoms with E-state index in [9.17, 15) is 0 Å². The van der Waals surface area contributed by atoms with Crippen LogP contribution >= 0.6 is 47.2 Å². The molecule has 2 N–H and O–H groups in total. The molecule has 0 radical (unpaired) electrons. The quantitative estimate of drug-likeness (QED) is 0.754. The lowest BCUT2D eigenvalue weighted by molar-refractivity contribution is 1.07. The van der Waals surface area contributed by atoms with Gasteiger partial charge in [-0.3, -0.25) is 0 Å². The summed E-state index contributed by atoms with van der Waals surface area (Å²) < 4.78 is 0. The molecule has 0 aliphatic carbocycles. The summed E-state index contributed by atoms with van der Waals surface area (Å²) in [6, 6.07) is 3.29. The van der Waals surface area contributed by atoms with Gasteiger partial charge in [-0.15, -0.1) is 12.4 Å². The number of nitrogens with two attached hydrogens (primary N) is 1. The molecule has 0 aliphatic heterocycles. The minimum absolute atomic E-state index is 0. The van der Waals surface area contributed by atoms with E-state index >= 15 is 0 Å². The Hall–Kier alpha value is 0.340. The molecule has 0 saturated heterocycles. The molecule has 1 aromatic carbocycles. The molecule has 0 atom stereocenters. The van der Waals surface area contributed by atoms with Gasteiger partial charge in [0.25, 0.3) is 0 Å². The number of hydrogen-bond donors (Lipinski definition) is 1. The van der Waals surface area contributed by atoms with Gasteiger partial charge in [0.1, 0.15) is 0 Å². The Balaban J connectivity index is 0.00000121. The third kappa shape index (κ3) is 2.68. The van der Waals surface area contributed by atoms with Gasteiger partial charge < -0.3 is 5.73 Å². The summed E-state index contributed by atoms with van der Waals surface area (Å²) in [7, 11) is 0. The van der Waals surface area contributed by atoms with Crippen LogP contribution in [0.4, 0.5) is 0 Å². The largest absolute Gasteiger partial charge is 0.326 e. The fraction of sp³-hybridized carbons (Fsp3) is 0.143. The smallest absolute Gasteiger partial charge is 0.0638 e. The number of benzene rings is 1. The first-order valence-corrected chi connectivity index (χ1v) is 4.12. The molecule has 0 amide bonds. The fourth-order valence-corrected chi connectivity index (χ4v) is 1.48. The molecule has 0 aliphatic rings. The van der Waals surface area contributed by atoms with Crippen LogP contribution in [0.25, 0.3) is 0 Å². The molecule has 0 heterocycles. The topological polar surface area (TPSA) is 26.0 Å². The van der Waals surface area contributed by atoms with Gasteiger partial charge in [-0.1, -0.05) is 34.8 Å². The van der Waals surface area contributed by atoms with Gasteiger partial charge >= 0.3 is 0 Å². The summed E-state index contributed by atoms with van der Waals surface area (Å²) in [6.45, 7) is 0.346. The third-order valence-electron chi connectivity index (χ3n) is 1.29. The molecule has 0 fully saturated rings. The molecule has 0 unspecified atom stereocenters. The highest BCUT2D eigenvalue weighted by molar-refractivity contribution is 6.43. The van der Waals surface area contributed by atoms with Gasteiger partial charge in [-0.25, -0.2) is 0 Å². The minimum atomic E-state index is 0. The van der Waals surface area contributed by atoms with Crippen LogP contribution < -0.4 is 5.73 Å². The molecular weight excluding hydrogens is 240 g/mol. The van der Waals surface area contributed by atoms with Crippen molar-refractivity contribution < 1.29 is 0 Å². The van der Waals surface area contributed by atoms with E-state index < -0.39 is 0 Å². The first-order valence-electron chi connectivity index (χ1n) is 2.98. The van der Waals surface area contributed by atoms with E-state index in [0.29, 0.717) is 21.6 Å². The lowest BCUT2D eigenvalue weighted by atomic mass is 10.2. The van der Waals surface area contributed by atoms with Crippen LogP contribution in [-0.2, 0) is 6.54 Å². The van der Waals surface area contributed by atoms with Crippen LogP contribution in [0.15, 0.2) is 12.1 Å². The Bertz CT molecular complexity index is 274. The monoisotopic (exact) mass is 245 g/mol. The van der Waals surface area contributed by atoms with E-state index in [4.69, 9.17) is 40.5 Å². The first-order chi connectivity index (χ1) is 5.15. The molecule has 0 saturated carbocycles. The maximum absolute atomic E-state index is 5.79. The summed E-state index contributed by atoms with van der Waals surface area (Å²) >= 11 is 17.2. The van der Waals surface area contributed by atoms with Crippen molar-refractivity contribution in [3.63, 3.8) is 0 Å². The Morgan fingerprint density at radius 3 is 2.25 bits per heavy atom. The molecule has 68 valence electrons. The molecule has 0 aromatic heterocycles. The maximum atomic E-state index is 5.79. The van der Waals surface area contributed by atoms with Gasteiger partial charge in [0.05, 0.1) is 10.0 Å². The van der Waals surface area contributed by atoms with E-state index in [1.165, 1.54) is 0 Å². The molecule has 0 bridgehead atoms. The summed E-state index contributed by atoms with van der Waals surface area (Å²) in [4.78, 5) is 0. The summed E-state index contributed by atoms with van der Waals surface area (Å²) in [6.07, 6.45) is 0. The van der Waals surface area contributed by atoms with E-state index in [1.807, 2.05) is 0 Å². The van der Waals surface area contributed by atoms with Gasteiger partial charge in [-0.05, 0) is 17.7 Å². The average molecular weight is 247 g/mol. The third-order valence-corrected chi connectivity index (χ3v) is 2.35. The molecule has 1 aromatic rings. The minimum Gasteiger partial charge on any atom is -0.326 e. The highest BCUT2D eigenvalue weighted by Gasteiger charge is 2.04. The average Bonchev–Trinajstić information content (AvgIpc) is 1.96. The summed E-state index contributed by atoms with van der Waals surface area (Å²) in [5.41, 5.74) is 6.15. The van der Waals surface area contributed by atoms with Gasteiger partial charge in [0.2, 0.25) is 0 Å². The van der Waals surface area contributed by atoms with Gasteiger partial charge in [-0.2, -0.15) is 0 Å². The predicted octanol–water partition coefficient (Wildman–Crippen LogP) is 3.53. The van der Waals surface area contributed by atoms with Crippen molar-refractivity contribution in [1.82, 2.24) is 0 Å². The van der Waals surface area contributed by atoms with Gasteiger partial charge in [0, 0.05) is 11.6 Å². The number of halogens is 4. The predicted molar refractivity (Wildman–Crippen MR) is 56.6 cm³/mol. The normalized spacial score (nSPS) is 9.33. The van der Waals surface area contributed by atoms with E-state index in [2.05, 4.69) is 0 Å². The molecule has 12 heavy (non-hydrogen) atoms.